The minimum absolute atomic E-state index is 0.0932. The number of aliphatic hydroxyl groups excluding tert-OH is 1. The normalized spacial score (nSPS) is 16.3. The van der Waals surface area contributed by atoms with E-state index in [2.05, 4.69) is 48.2 Å². The highest BCUT2D eigenvalue weighted by Gasteiger charge is 2.38. The van der Waals surface area contributed by atoms with Crippen LogP contribution in [0.5, 0.6) is 0 Å². The second-order valence-corrected chi connectivity index (χ2v) is 7.01. The molecule has 0 spiro atoms. The molecule has 184 valence electrons. The van der Waals surface area contributed by atoms with Gasteiger partial charge in [0.15, 0.2) is 0 Å². The fraction of sp³-hybridized carbons (Fsp3) is 0.579. The molecule has 0 amide bonds. The Morgan fingerprint density at radius 2 is 1.44 bits per heavy atom. The number of aliphatic carboxylic acids is 2. The van der Waals surface area contributed by atoms with E-state index in [1.165, 1.54) is 17.7 Å². The smallest absolute Gasteiger partial charge is 0.475 e. The van der Waals surface area contributed by atoms with Crippen molar-refractivity contribution in [1.82, 2.24) is 4.90 Å². The first-order valence-electron chi connectivity index (χ1n) is 9.31. The van der Waals surface area contributed by atoms with E-state index in [1.54, 1.807) is 0 Å². The Balaban J connectivity index is 0.000000570. The van der Waals surface area contributed by atoms with Gasteiger partial charge in [-0.15, -0.1) is 0 Å². The van der Waals surface area contributed by atoms with E-state index in [4.69, 9.17) is 19.8 Å². The quantitative estimate of drug-likeness (QED) is 0.562. The molecule has 0 radical (unpaired) electrons. The van der Waals surface area contributed by atoms with Crippen molar-refractivity contribution in [2.75, 3.05) is 38.6 Å². The molecule has 0 aromatic heterocycles. The van der Waals surface area contributed by atoms with Gasteiger partial charge in [0.25, 0.3) is 0 Å². The molecular formula is C19H26F6N2O5. The molecule has 0 unspecified atom stereocenters. The summed E-state index contributed by atoms with van der Waals surface area (Å²) in [6.45, 7) is 3.02. The minimum atomic E-state index is -5.08. The van der Waals surface area contributed by atoms with E-state index >= 15 is 0 Å². The van der Waals surface area contributed by atoms with Gasteiger partial charge >= 0.3 is 24.3 Å². The minimum Gasteiger partial charge on any atom is -0.475 e. The number of alkyl halides is 6. The Hall–Kier alpha value is -2.54. The van der Waals surface area contributed by atoms with Crippen molar-refractivity contribution in [3.8, 4) is 0 Å². The highest BCUT2D eigenvalue weighted by molar-refractivity contribution is 5.73. The van der Waals surface area contributed by atoms with Crippen molar-refractivity contribution in [2.45, 2.75) is 37.7 Å². The van der Waals surface area contributed by atoms with Gasteiger partial charge in [0.1, 0.15) is 0 Å². The molecule has 1 fully saturated rings. The summed E-state index contributed by atoms with van der Waals surface area (Å²) in [5.74, 6) is -5.51. The lowest BCUT2D eigenvalue weighted by atomic mass is 10.1. The zero-order valence-electron chi connectivity index (χ0n) is 17.4. The van der Waals surface area contributed by atoms with Crippen LogP contribution in [-0.2, 0) is 16.0 Å². The number of carboxylic acid groups (broad SMARTS) is 2. The number of rotatable bonds is 5. The van der Waals surface area contributed by atoms with Crippen LogP contribution >= 0.6 is 0 Å². The van der Waals surface area contributed by atoms with Crippen LogP contribution in [0.2, 0.25) is 0 Å². The largest absolute Gasteiger partial charge is 0.490 e. The molecule has 7 nitrogen and oxygen atoms in total. The molecule has 1 saturated heterocycles. The van der Waals surface area contributed by atoms with Gasteiger partial charge < -0.3 is 25.1 Å². The Labute approximate surface area is 180 Å². The SMILES string of the molecule is CN(C)c1ccc(CCCN2CC[C@@H](O)C2)cc1.O=C(O)C(F)(F)F.O=C(O)C(F)(F)F. The summed E-state index contributed by atoms with van der Waals surface area (Å²) in [7, 11) is 4.13. The predicted octanol–water partition coefficient (Wildman–Crippen LogP) is 3.02. The van der Waals surface area contributed by atoms with Crippen molar-refractivity contribution in [2.24, 2.45) is 0 Å². The molecule has 1 aliphatic heterocycles. The fourth-order valence-corrected chi connectivity index (χ4v) is 2.48. The summed E-state index contributed by atoms with van der Waals surface area (Å²) in [4.78, 5) is 22.3. The number of carbonyl (C=O) groups is 2. The van der Waals surface area contributed by atoms with E-state index in [0.29, 0.717) is 0 Å². The molecule has 3 N–H and O–H groups in total. The van der Waals surface area contributed by atoms with Crippen LogP contribution in [0.4, 0.5) is 32.0 Å². The van der Waals surface area contributed by atoms with Crippen molar-refractivity contribution in [3.05, 3.63) is 29.8 Å². The van der Waals surface area contributed by atoms with Crippen molar-refractivity contribution >= 4 is 17.6 Å². The van der Waals surface area contributed by atoms with Crippen LogP contribution in [0, 0.1) is 0 Å². The van der Waals surface area contributed by atoms with E-state index < -0.39 is 24.3 Å². The Morgan fingerprint density at radius 3 is 1.75 bits per heavy atom. The number of hydrogen-bond donors (Lipinski definition) is 3. The molecule has 1 heterocycles. The molecule has 0 bridgehead atoms. The van der Waals surface area contributed by atoms with Gasteiger partial charge in [0.05, 0.1) is 6.10 Å². The van der Waals surface area contributed by atoms with Gasteiger partial charge in [-0.2, -0.15) is 26.3 Å². The molecule has 1 aromatic carbocycles. The van der Waals surface area contributed by atoms with Crippen LogP contribution in [0.15, 0.2) is 24.3 Å². The maximum absolute atomic E-state index is 10.6. The molecule has 0 aliphatic carbocycles. The van der Waals surface area contributed by atoms with Gasteiger partial charge in [-0.05, 0) is 43.5 Å². The summed E-state index contributed by atoms with van der Waals surface area (Å²) in [6, 6.07) is 8.78. The second kappa shape index (κ2) is 13.1. The molecule has 32 heavy (non-hydrogen) atoms. The first kappa shape index (κ1) is 29.5. The second-order valence-electron chi connectivity index (χ2n) is 7.01. The van der Waals surface area contributed by atoms with Gasteiger partial charge in [-0.1, -0.05) is 12.1 Å². The standard InChI is InChI=1S/C15H24N2O.2C2HF3O2/c1-16(2)14-7-5-13(6-8-14)4-3-10-17-11-9-15(18)12-17;2*3-2(4,5)1(6)7/h5-8,15,18H,3-4,9-12H2,1-2H3;2*(H,6,7)/t15-;;/m1../s1. The van der Waals surface area contributed by atoms with Crippen LogP contribution in [0.1, 0.15) is 18.4 Å². The summed E-state index contributed by atoms with van der Waals surface area (Å²) < 4.78 is 63.5. The van der Waals surface area contributed by atoms with Crippen LogP contribution in [-0.4, -0.2) is 84.3 Å². The average Bonchev–Trinajstić information content (AvgIpc) is 3.07. The average molecular weight is 476 g/mol. The number of aryl methyl sites for hydroxylation is 1. The lowest BCUT2D eigenvalue weighted by molar-refractivity contribution is -0.193. The van der Waals surface area contributed by atoms with E-state index in [9.17, 15) is 31.4 Å². The number of nitrogens with zero attached hydrogens (tertiary/aromatic N) is 2. The third-order valence-electron chi connectivity index (χ3n) is 4.13. The van der Waals surface area contributed by atoms with Gasteiger partial charge in [0.2, 0.25) is 0 Å². The van der Waals surface area contributed by atoms with Crippen LogP contribution in [0.25, 0.3) is 0 Å². The zero-order chi connectivity index (χ0) is 25.1. The number of halogens is 6. The topological polar surface area (TPSA) is 101 Å². The first-order chi connectivity index (χ1) is 14.5. The number of aliphatic hydroxyl groups is 1. The number of β-amino-alcohol motifs (C(OH)–C–C–N with tert-alkyl or cyclic N) is 1. The monoisotopic (exact) mass is 476 g/mol. The number of carboxylic acids is 2. The molecule has 2 rings (SSSR count). The third-order valence-corrected chi connectivity index (χ3v) is 4.13. The van der Waals surface area contributed by atoms with Crippen molar-refractivity contribution < 1.29 is 51.3 Å². The van der Waals surface area contributed by atoms with E-state index in [1.807, 2.05) is 0 Å². The highest BCUT2D eigenvalue weighted by Crippen LogP contribution is 2.15. The number of anilines is 1. The fourth-order valence-electron chi connectivity index (χ4n) is 2.48. The summed E-state index contributed by atoms with van der Waals surface area (Å²) in [6.07, 6.45) is -7.02. The molecule has 13 heteroatoms. The Kier molecular flexibility index (Phi) is 12.1. The highest BCUT2D eigenvalue weighted by atomic mass is 19.4. The van der Waals surface area contributed by atoms with Gasteiger partial charge in [-0.25, -0.2) is 9.59 Å². The summed E-state index contributed by atoms with van der Waals surface area (Å²) >= 11 is 0. The lowest BCUT2D eigenvalue weighted by Gasteiger charge is -2.15. The lowest BCUT2D eigenvalue weighted by Crippen LogP contribution is -2.23. The van der Waals surface area contributed by atoms with Crippen molar-refractivity contribution in [1.29, 1.82) is 0 Å². The molecule has 1 atom stereocenters. The number of benzene rings is 1. The summed E-state index contributed by atoms with van der Waals surface area (Å²) in [5, 5.41) is 23.7. The molecule has 1 aliphatic rings. The van der Waals surface area contributed by atoms with Gasteiger partial charge in [-0.3, -0.25) is 0 Å². The van der Waals surface area contributed by atoms with Crippen molar-refractivity contribution in [3.63, 3.8) is 0 Å². The van der Waals surface area contributed by atoms with Crippen LogP contribution < -0.4 is 4.90 Å². The number of hydrogen-bond acceptors (Lipinski definition) is 5. The zero-order valence-corrected chi connectivity index (χ0v) is 17.4. The Morgan fingerprint density at radius 1 is 1.00 bits per heavy atom. The summed E-state index contributed by atoms with van der Waals surface area (Å²) in [5.41, 5.74) is 2.65. The molecular weight excluding hydrogens is 450 g/mol. The number of likely N-dealkylation sites (tertiary alicyclic amines) is 1. The van der Waals surface area contributed by atoms with E-state index in [-0.39, 0.29) is 6.10 Å². The van der Waals surface area contributed by atoms with E-state index in [0.717, 1.165) is 32.5 Å². The molecule has 0 saturated carbocycles. The first-order valence-corrected chi connectivity index (χ1v) is 9.31. The maximum Gasteiger partial charge on any atom is 0.490 e. The van der Waals surface area contributed by atoms with Gasteiger partial charge in [0, 0.05) is 32.9 Å². The third kappa shape index (κ3) is 13.0. The predicted molar refractivity (Wildman–Crippen MR) is 104 cm³/mol. The van der Waals surface area contributed by atoms with Crippen LogP contribution in [0.3, 0.4) is 0 Å². The maximum atomic E-state index is 10.6. The molecule has 1 aromatic rings. The Bertz CT molecular complexity index is 684.